The number of hydrogen-bond donors (Lipinski definition) is 1. The third-order valence-corrected chi connectivity index (χ3v) is 3.65. The Morgan fingerprint density at radius 1 is 1.29 bits per heavy atom. The summed E-state index contributed by atoms with van der Waals surface area (Å²) in [6, 6.07) is 9.05. The van der Waals surface area contributed by atoms with E-state index in [1.54, 1.807) is 12.1 Å². The fourth-order valence-electron chi connectivity index (χ4n) is 2.08. The lowest BCUT2D eigenvalue weighted by molar-refractivity contribution is -0.384. The second-order valence-electron chi connectivity index (χ2n) is 5.20. The zero-order chi connectivity index (χ0) is 17.7. The predicted molar refractivity (Wildman–Crippen MR) is 93.0 cm³/mol. The zero-order valence-electron chi connectivity index (χ0n) is 13.3. The Morgan fingerprint density at radius 2 is 2.04 bits per heavy atom. The third-order valence-electron chi connectivity index (χ3n) is 3.32. The van der Waals surface area contributed by atoms with Gasteiger partial charge < -0.3 is 10.1 Å². The molecule has 0 fully saturated rings. The Balaban J connectivity index is 2.21. The van der Waals surface area contributed by atoms with E-state index in [1.807, 2.05) is 19.9 Å². The van der Waals surface area contributed by atoms with Crippen molar-refractivity contribution in [2.24, 2.45) is 0 Å². The molecule has 7 heteroatoms. The van der Waals surface area contributed by atoms with Crippen molar-refractivity contribution >= 4 is 28.9 Å². The number of nitro groups is 1. The van der Waals surface area contributed by atoms with Crippen LogP contribution in [0.2, 0.25) is 5.02 Å². The number of nitro benzene ring substituents is 1. The van der Waals surface area contributed by atoms with Crippen LogP contribution in [0.25, 0.3) is 0 Å². The molecule has 2 aromatic carbocycles. The smallest absolute Gasteiger partial charge is 0.270 e. The van der Waals surface area contributed by atoms with Gasteiger partial charge in [0.15, 0.2) is 0 Å². The second kappa shape index (κ2) is 7.79. The summed E-state index contributed by atoms with van der Waals surface area (Å²) in [4.78, 5) is 22.6. The SMILES string of the molecule is CCCOc1ccc(NC(=O)c2cc([N+](=O)[O-])ccc2Cl)c(C)c1. The van der Waals surface area contributed by atoms with Crippen LogP contribution in [-0.4, -0.2) is 17.4 Å². The first-order chi connectivity index (χ1) is 11.4. The fraction of sp³-hybridized carbons (Fsp3) is 0.235. The number of halogens is 1. The number of carbonyl (C=O) groups is 1. The first kappa shape index (κ1) is 17.7. The Kier molecular flexibility index (Phi) is 5.76. The number of amides is 1. The zero-order valence-corrected chi connectivity index (χ0v) is 14.1. The van der Waals surface area contributed by atoms with Crippen LogP contribution in [0.3, 0.4) is 0 Å². The van der Waals surface area contributed by atoms with E-state index in [2.05, 4.69) is 5.32 Å². The van der Waals surface area contributed by atoms with Gasteiger partial charge in [0.05, 0.1) is 22.1 Å². The van der Waals surface area contributed by atoms with E-state index in [0.717, 1.165) is 23.8 Å². The van der Waals surface area contributed by atoms with Gasteiger partial charge in [-0.2, -0.15) is 0 Å². The Labute approximate surface area is 144 Å². The molecule has 126 valence electrons. The molecule has 2 aromatic rings. The summed E-state index contributed by atoms with van der Waals surface area (Å²) in [6.07, 6.45) is 0.906. The summed E-state index contributed by atoms with van der Waals surface area (Å²) in [7, 11) is 0. The van der Waals surface area contributed by atoms with Crippen LogP contribution in [0.4, 0.5) is 11.4 Å². The van der Waals surface area contributed by atoms with Crippen molar-refractivity contribution in [2.45, 2.75) is 20.3 Å². The van der Waals surface area contributed by atoms with E-state index in [4.69, 9.17) is 16.3 Å². The number of nitrogens with zero attached hydrogens (tertiary/aromatic N) is 1. The Hall–Kier alpha value is -2.60. The van der Waals surface area contributed by atoms with Crippen molar-refractivity contribution in [3.8, 4) is 5.75 Å². The molecule has 2 rings (SSSR count). The summed E-state index contributed by atoms with van der Waals surface area (Å²) in [5.74, 6) is 0.217. The van der Waals surface area contributed by atoms with Crippen LogP contribution < -0.4 is 10.1 Å². The summed E-state index contributed by atoms with van der Waals surface area (Å²) >= 11 is 5.98. The summed E-state index contributed by atoms with van der Waals surface area (Å²) in [6.45, 7) is 4.47. The van der Waals surface area contributed by atoms with Gasteiger partial charge in [0.1, 0.15) is 5.75 Å². The fourth-order valence-corrected chi connectivity index (χ4v) is 2.28. The first-order valence-electron chi connectivity index (χ1n) is 7.41. The monoisotopic (exact) mass is 348 g/mol. The topological polar surface area (TPSA) is 81.5 Å². The van der Waals surface area contributed by atoms with Crippen molar-refractivity contribution < 1.29 is 14.5 Å². The lowest BCUT2D eigenvalue weighted by Gasteiger charge is -2.11. The average Bonchev–Trinajstić information content (AvgIpc) is 2.55. The molecule has 0 bridgehead atoms. The highest BCUT2D eigenvalue weighted by Crippen LogP contribution is 2.25. The number of rotatable bonds is 6. The van der Waals surface area contributed by atoms with Gasteiger partial charge in [0.25, 0.3) is 11.6 Å². The highest BCUT2D eigenvalue weighted by atomic mass is 35.5. The second-order valence-corrected chi connectivity index (χ2v) is 5.61. The van der Waals surface area contributed by atoms with E-state index >= 15 is 0 Å². The predicted octanol–water partition coefficient (Wildman–Crippen LogP) is 4.60. The number of hydrogen-bond acceptors (Lipinski definition) is 4. The minimum Gasteiger partial charge on any atom is -0.494 e. The minimum atomic E-state index is -0.571. The van der Waals surface area contributed by atoms with Crippen molar-refractivity contribution in [3.05, 3.63) is 62.7 Å². The molecule has 0 saturated heterocycles. The van der Waals surface area contributed by atoms with Gasteiger partial charge >= 0.3 is 0 Å². The molecule has 0 aliphatic heterocycles. The van der Waals surface area contributed by atoms with Gasteiger partial charge in [-0.25, -0.2) is 0 Å². The van der Waals surface area contributed by atoms with Crippen molar-refractivity contribution in [2.75, 3.05) is 11.9 Å². The lowest BCUT2D eigenvalue weighted by Crippen LogP contribution is -2.13. The van der Waals surface area contributed by atoms with Crippen LogP contribution >= 0.6 is 11.6 Å². The molecule has 0 aliphatic carbocycles. The maximum absolute atomic E-state index is 12.4. The van der Waals surface area contributed by atoms with E-state index < -0.39 is 10.8 Å². The molecular weight excluding hydrogens is 332 g/mol. The number of ether oxygens (including phenoxy) is 1. The molecule has 0 spiro atoms. The quantitative estimate of drug-likeness (QED) is 0.611. The molecule has 0 heterocycles. The van der Waals surface area contributed by atoms with Gasteiger partial charge in [0, 0.05) is 17.8 Å². The van der Waals surface area contributed by atoms with Gasteiger partial charge in [0.2, 0.25) is 0 Å². The third kappa shape index (κ3) is 4.23. The van der Waals surface area contributed by atoms with E-state index in [-0.39, 0.29) is 16.3 Å². The van der Waals surface area contributed by atoms with Gasteiger partial charge in [-0.1, -0.05) is 18.5 Å². The standard InChI is InChI=1S/C17H17ClN2O4/c1-3-8-24-13-5-7-16(11(2)9-13)19-17(21)14-10-12(20(22)23)4-6-15(14)18/h4-7,9-10H,3,8H2,1-2H3,(H,19,21). The van der Waals surface area contributed by atoms with E-state index in [0.29, 0.717) is 12.3 Å². The average molecular weight is 349 g/mol. The molecule has 1 amide bonds. The molecule has 0 radical (unpaired) electrons. The van der Waals surface area contributed by atoms with E-state index in [9.17, 15) is 14.9 Å². The highest BCUT2D eigenvalue weighted by Gasteiger charge is 2.16. The maximum atomic E-state index is 12.4. The van der Waals surface area contributed by atoms with Crippen molar-refractivity contribution in [3.63, 3.8) is 0 Å². The Morgan fingerprint density at radius 3 is 2.67 bits per heavy atom. The number of anilines is 1. The largest absolute Gasteiger partial charge is 0.494 e. The molecule has 0 atom stereocenters. The number of nitrogens with one attached hydrogen (secondary N) is 1. The highest BCUT2D eigenvalue weighted by molar-refractivity contribution is 6.34. The normalized spacial score (nSPS) is 10.3. The molecule has 6 nitrogen and oxygen atoms in total. The molecule has 0 aromatic heterocycles. The number of benzene rings is 2. The molecule has 0 unspecified atom stereocenters. The molecule has 0 saturated carbocycles. The number of aryl methyl sites for hydroxylation is 1. The van der Waals surface area contributed by atoms with Crippen LogP contribution in [0, 0.1) is 17.0 Å². The molecule has 1 N–H and O–H groups in total. The lowest BCUT2D eigenvalue weighted by atomic mass is 10.1. The van der Waals surface area contributed by atoms with E-state index in [1.165, 1.54) is 12.1 Å². The maximum Gasteiger partial charge on any atom is 0.270 e. The van der Waals surface area contributed by atoms with Gasteiger partial charge in [-0.3, -0.25) is 14.9 Å². The van der Waals surface area contributed by atoms with Crippen LogP contribution in [-0.2, 0) is 0 Å². The number of non-ortho nitro benzene ring substituents is 1. The minimum absolute atomic E-state index is 0.0524. The molecule has 24 heavy (non-hydrogen) atoms. The van der Waals surface area contributed by atoms with Gasteiger partial charge in [-0.15, -0.1) is 0 Å². The van der Waals surface area contributed by atoms with Gasteiger partial charge in [-0.05, 0) is 43.2 Å². The van der Waals surface area contributed by atoms with Crippen LogP contribution in [0.15, 0.2) is 36.4 Å². The van der Waals surface area contributed by atoms with Crippen LogP contribution in [0.5, 0.6) is 5.75 Å². The summed E-state index contributed by atoms with van der Waals surface area (Å²) < 4.78 is 5.53. The number of carbonyl (C=O) groups excluding carboxylic acids is 1. The van der Waals surface area contributed by atoms with Crippen molar-refractivity contribution in [1.29, 1.82) is 0 Å². The van der Waals surface area contributed by atoms with Crippen molar-refractivity contribution in [1.82, 2.24) is 0 Å². The first-order valence-corrected chi connectivity index (χ1v) is 7.79. The summed E-state index contributed by atoms with van der Waals surface area (Å²) in [5.41, 5.74) is 1.27. The molecule has 0 aliphatic rings. The van der Waals surface area contributed by atoms with Crippen LogP contribution in [0.1, 0.15) is 29.3 Å². The Bertz CT molecular complexity index is 777. The molecular formula is C17H17ClN2O4. The summed E-state index contributed by atoms with van der Waals surface area (Å²) in [5, 5.41) is 13.7.